The molecule has 1 atom stereocenters. The van der Waals surface area contributed by atoms with Crippen LogP contribution in [0.25, 0.3) is 0 Å². The van der Waals surface area contributed by atoms with Gasteiger partial charge in [0.25, 0.3) is 0 Å². The molecule has 0 aliphatic heterocycles. The first-order valence-electron chi connectivity index (χ1n) is 5.58. The van der Waals surface area contributed by atoms with Crippen LogP contribution in [-0.2, 0) is 14.3 Å². The number of carbonyl (C=O) groups is 2. The van der Waals surface area contributed by atoms with E-state index in [1.165, 1.54) is 6.26 Å². The Morgan fingerprint density at radius 1 is 1.44 bits per heavy atom. The number of hydrogen-bond acceptors (Lipinski definition) is 3. The van der Waals surface area contributed by atoms with Crippen LogP contribution >= 0.6 is 0 Å². The molecule has 0 aromatic rings. The molecule has 0 aliphatic carbocycles. The Kier molecular flexibility index (Phi) is 8.12. The summed E-state index contributed by atoms with van der Waals surface area (Å²) in [7, 11) is 0. The van der Waals surface area contributed by atoms with Gasteiger partial charge in [-0.2, -0.15) is 0 Å². The smallest absolute Gasteiger partial charge is 0.310 e. The van der Waals surface area contributed by atoms with Crippen LogP contribution in [-0.4, -0.2) is 12.3 Å². The number of carbonyl (C=O) groups excluding carboxylic acids is 2. The largest absolute Gasteiger partial charge is 0.434 e. The summed E-state index contributed by atoms with van der Waals surface area (Å²) >= 11 is 0. The lowest BCUT2D eigenvalue weighted by Crippen LogP contribution is -1.95. The highest BCUT2D eigenvalue weighted by atomic mass is 16.5. The third-order valence-corrected chi connectivity index (χ3v) is 2.14. The molecule has 0 saturated carbocycles. The van der Waals surface area contributed by atoms with E-state index in [0.29, 0.717) is 6.42 Å². The maximum atomic E-state index is 10.8. The minimum Gasteiger partial charge on any atom is -0.434 e. The summed E-state index contributed by atoms with van der Waals surface area (Å²) in [5, 5.41) is 0. The maximum Gasteiger partial charge on any atom is 0.310 e. The van der Waals surface area contributed by atoms with Crippen molar-refractivity contribution >= 4 is 12.3 Å². The van der Waals surface area contributed by atoms with E-state index in [0.717, 1.165) is 24.7 Å². The van der Waals surface area contributed by atoms with Gasteiger partial charge in [-0.25, -0.2) is 0 Å². The second-order valence-corrected chi connectivity index (χ2v) is 3.79. The van der Waals surface area contributed by atoms with Crippen LogP contribution in [0.5, 0.6) is 0 Å². The molecule has 0 saturated heterocycles. The Labute approximate surface area is 97.2 Å². The van der Waals surface area contributed by atoms with Gasteiger partial charge in [0, 0.05) is 12.3 Å². The van der Waals surface area contributed by atoms with Crippen molar-refractivity contribution in [2.24, 2.45) is 5.92 Å². The van der Waals surface area contributed by atoms with Crippen molar-refractivity contribution in [1.82, 2.24) is 0 Å². The van der Waals surface area contributed by atoms with E-state index in [-0.39, 0.29) is 11.9 Å². The van der Waals surface area contributed by atoms with E-state index >= 15 is 0 Å². The van der Waals surface area contributed by atoms with Crippen molar-refractivity contribution in [2.75, 3.05) is 0 Å². The van der Waals surface area contributed by atoms with Crippen LogP contribution in [0.1, 0.15) is 40.0 Å². The molecular weight excluding hydrogens is 204 g/mol. The normalized spacial score (nSPS) is 13.8. The number of esters is 1. The quantitative estimate of drug-likeness (QED) is 0.289. The van der Waals surface area contributed by atoms with Crippen LogP contribution in [0.4, 0.5) is 0 Å². The van der Waals surface area contributed by atoms with Gasteiger partial charge in [0.1, 0.15) is 6.29 Å². The summed E-state index contributed by atoms with van der Waals surface area (Å²) in [6.45, 7) is 5.58. The lowest BCUT2D eigenvalue weighted by Gasteiger charge is -1.99. The van der Waals surface area contributed by atoms with Crippen molar-refractivity contribution in [2.45, 2.75) is 40.0 Å². The van der Waals surface area contributed by atoms with Gasteiger partial charge in [0.2, 0.25) is 0 Å². The van der Waals surface area contributed by atoms with Crippen LogP contribution in [0, 0.1) is 5.92 Å². The fourth-order valence-electron chi connectivity index (χ4n) is 1.01. The Morgan fingerprint density at radius 2 is 2.12 bits per heavy atom. The van der Waals surface area contributed by atoms with Crippen LogP contribution in [0.3, 0.4) is 0 Å². The zero-order valence-corrected chi connectivity index (χ0v) is 10.2. The minimum absolute atomic E-state index is 0.103. The van der Waals surface area contributed by atoms with Gasteiger partial charge in [-0.3, -0.25) is 4.79 Å². The van der Waals surface area contributed by atoms with E-state index < -0.39 is 0 Å². The van der Waals surface area contributed by atoms with Crippen LogP contribution < -0.4 is 0 Å². The van der Waals surface area contributed by atoms with Gasteiger partial charge < -0.3 is 9.53 Å². The molecule has 0 radical (unpaired) electrons. The molecule has 0 N–H and O–H groups in total. The summed E-state index contributed by atoms with van der Waals surface area (Å²) < 4.78 is 4.79. The van der Waals surface area contributed by atoms with E-state index in [2.05, 4.69) is 0 Å². The van der Waals surface area contributed by atoms with E-state index in [9.17, 15) is 9.59 Å². The molecule has 0 aliphatic rings. The molecule has 90 valence electrons. The average Bonchev–Trinajstić information content (AvgIpc) is 2.28. The number of ether oxygens (including phenoxy) is 1. The van der Waals surface area contributed by atoms with E-state index in [4.69, 9.17) is 4.74 Å². The van der Waals surface area contributed by atoms with Gasteiger partial charge in [0.15, 0.2) is 0 Å². The maximum absolute atomic E-state index is 10.8. The number of rotatable bonds is 7. The van der Waals surface area contributed by atoms with Crippen molar-refractivity contribution < 1.29 is 14.3 Å². The van der Waals surface area contributed by atoms with Gasteiger partial charge in [-0.05, 0) is 25.8 Å². The first kappa shape index (κ1) is 14.6. The first-order valence-corrected chi connectivity index (χ1v) is 5.58. The van der Waals surface area contributed by atoms with Crippen molar-refractivity contribution in [3.05, 3.63) is 24.0 Å². The molecule has 3 nitrogen and oxygen atoms in total. The molecule has 0 aromatic heterocycles. The second kappa shape index (κ2) is 8.89. The van der Waals surface area contributed by atoms with Gasteiger partial charge in [-0.15, -0.1) is 0 Å². The molecule has 0 aromatic carbocycles. The molecule has 1 unspecified atom stereocenters. The summed E-state index contributed by atoms with van der Waals surface area (Å²) in [5.74, 6) is -0.135. The average molecular weight is 224 g/mol. The molecule has 3 heteroatoms. The molecule has 0 rings (SSSR count). The molecule has 0 fully saturated rings. The summed E-state index contributed by atoms with van der Waals surface area (Å²) in [4.78, 5) is 21.2. The van der Waals surface area contributed by atoms with Gasteiger partial charge >= 0.3 is 5.97 Å². The van der Waals surface area contributed by atoms with Gasteiger partial charge in [-0.1, -0.05) is 25.5 Å². The lowest BCUT2D eigenvalue weighted by molar-refractivity contribution is -0.137. The van der Waals surface area contributed by atoms with Crippen molar-refractivity contribution in [3.63, 3.8) is 0 Å². The zero-order valence-electron chi connectivity index (χ0n) is 10.2. The third kappa shape index (κ3) is 7.97. The highest BCUT2D eigenvalue weighted by Gasteiger charge is 1.96. The van der Waals surface area contributed by atoms with Crippen LogP contribution in [0.15, 0.2) is 24.0 Å². The topological polar surface area (TPSA) is 43.4 Å². The van der Waals surface area contributed by atoms with Crippen molar-refractivity contribution in [1.29, 1.82) is 0 Å². The fourth-order valence-corrected chi connectivity index (χ4v) is 1.01. The molecule has 16 heavy (non-hydrogen) atoms. The summed E-state index contributed by atoms with van der Waals surface area (Å²) in [6, 6.07) is 0. The fraction of sp³-hybridized carbons (Fsp3) is 0.538. The molecular formula is C13H20O3. The lowest BCUT2D eigenvalue weighted by atomic mass is 10.1. The summed E-state index contributed by atoms with van der Waals surface area (Å²) in [5.41, 5.74) is 1.03. The number of hydrogen-bond donors (Lipinski definition) is 0. The molecule has 0 bridgehead atoms. The highest BCUT2D eigenvalue weighted by Crippen LogP contribution is 2.06. The first-order chi connectivity index (χ1) is 7.60. The second-order valence-electron chi connectivity index (χ2n) is 3.79. The number of aldehydes is 1. The zero-order chi connectivity index (χ0) is 12.4. The minimum atomic E-state index is -0.237. The van der Waals surface area contributed by atoms with Crippen molar-refractivity contribution in [3.8, 4) is 0 Å². The van der Waals surface area contributed by atoms with Crippen LogP contribution in [0.2, 0.25) is 0 Å². The SMILES string of the molecule is CCC(=O)OC=CC(C)=CCCC(C)C=O. The highest BCUT2D eigenvalue weighted by molar-refractivity contribution is 5.69. The molecule has 0 spiro atoms. The molecule has 0 amide bonds. The number of allylic oxidation sites excluding steroid dienone is 3. The Balaban J connectivity index is 3.86. The Hall–Kier alpha value is -1.38. The van der Waals surface area contributed by atoms with E-state index in [1.807, 2.05) is 19.9 Å². The van der Waals surface area contributed by atoms with Gasteiger partial charge in [0.05, 0.1) is 6.26 Å². The monoisotopic (exact) mass is 224 g/mol. The Bertz CT molecular complexity index is 277. The third-order valence-electron chi connectivity index (χ3n) is 2.14. The standard InChI is InChI=1S/C13H20O3/c1-4-13(15)16-9-8-11(2)6-5-7-12(3)10-14/h6,8-10,12H,4-5,7H2,1-3H3. The van der Waals surface area contributed by atoms with E-state index in [1.54, 1.807) is 13.0 Å². The molecule has 0 heterocycles. The summed E-state index contributed by atoms with van der Waals surface area (Å²) in [6.07, 6.45) is 8.23. The predicted molar refractivity (Wildman–Crippen MR) is 63.7 cm³/mol. The predicted octanol–water partition coefficient (Wildman–Crippen LogP) is 3.01. The Morgan fingerprint density at radius 3 is 2.69 bits per heavy atom.